The Bertz CT molecular complexity index is 505. The molecular formula is C16H23ClN2O2. The van der Waals surface area contributed by atoms with E-state index in [2.05, 4.69) is 0 Å². The van der Waals surface area contributed by atoms with E-state index in [1.165, 1.54) is 0 Å². The highest BCUT2D eigenvalue weighted by Gasteiger charge is 2.29. The smallest absolute Gasteiger partial charge is 0.260 e. The third-order valence-electron chi connectivity index (χ3n) is 3.96. The summed E-state index contributed by atoms with van der Waals surface area (Å²) in [7, 11) is 0. The van der Waals surface area contributed by atoms with Crippen LogP contribution >= 0.6 is 11.6 Å². The highest BCUT2D eigenvalue weighted by Crippen LogP contribution is 2.23. The van der Waals surface area contributed by atoms with Gasteiger partial charge in [-0.25, -0.2) is 0 Å². The molecule has 4 nitrogen and oxygen atoms in total. The van der Waals surface area contributed by atoms with Gasteiger partial charge in [0.05, 0.1) is 0 Å². The summed E-state index contributed by atoms with van der Waals surface area (Å²) in [5.74, 6) is 0.702. The topological polar surface area (TPSA) is 55.6 Å². The van der Waals surface area contributed by atoms with Gasteiger partial charge < -0.3 is 15.4 Å². The fourth-order valence-electron chi connectivity index (χ4n) is 2.81. The SMILES string of the molecule is Cc1cc(Cl)ccc1OCC(=O)N1CCCCC1C(C)N. The summed E-state index contributed by atoms with van der Waals surface area (Å²) in [4.78, 5) is 14.3. The van der Waals surface area contributed by atoms with Crippen molar-refractivity contribution in [3.8, 4) is 5.75 Å². The van der Waals surface area contributed by atoms with Crippen molar-refractivity contribution >= 4 is 17.5 Å². The number of halogens is 1. The van der Waals surface area contributed by atoms with Crippen LogP contribution in [0.4, 0.5) is 0 Å². The zero-order valence-electron chi connectivity index (χ0n) is 12.6. The van der Waals surface area contributed by atoms with E-state index in [4.69, 9.17) is 22.1 Å². The summed E-state index contributed by atoms with van der Waals surface area (Å²) in [5, 5.41) is 0.666. The number of rotatable bonds is 4. The van der Waals surface area contributed by atoms with Gasteiger partial charge in [-0.3, -0.25) is 4.79 Å². The van der Waals surface area contributed by atoms with Crippen molar-refractivity contribution in [1.82, 2.24) is 4.90 Å². The fraction of sp³-hybridized carbons (Fsp3) is 0.562. The normalized spacial score (nSPS) is 20.2. The number of hydrogen-bond donors (Lipinski definition) is 1. The van der Waals surface area contributed by atoms with E-state index in [0.29, 0.717) is 10.8 Å². The number of hydrogen-bond acceptors (Lipinski definition) is 3. The molecular weight excluding hydrogens is 288 g/mol. The molecule has 1 fully saturated rings. The van der Waals surface area contributed by atoms with Crippen molar-refractivity contribution in [2.24, 2.45) is 5.73 Å². The van der Waals surface area contributed by atoms with Gasteiger partial charge in [0.15, 0.2) is 6.61 Å². The molecule has 1 amide bonds. The van der Waals surface area contributed by atoms with Crippen molar-refractivity contribution in [2.75, 3.05) is 13.2 Å². The number of piperidine rings is 1. The molecule has 0 radical (unpaired) electrons. The van der Waals surface area contributed by atoms with E-state index in [1.54, 1.807) is 12.1 Å². The number of benzene rings is 1. The molecule has 0 aliphatic carbocycles. The van der Waals surface area contributed by atoms with Gasteiger partial charge in [0.2, 0.25) is 0 Å². The second kappa shape index (κ2) is 7.14. The van der Waals surface area contributed by atoms with E-state index < -0.39 is 0 Å². The summed E-state index contributed by atoms with van der Waals surface area (Å²) in [6.07, 6.45) is 3.14. The minimum atomic E-state index is -0.00785. The van der Waals surface area contributed by atoms with Crippen LogP contribution in [0.3, 0.4) is 0 Å². The zero-order valence-corrected chi connectivity index (χ0v) is 13.4. The standard InChI is InChI=1S/C16H23ClN2O2/c1-11-9-13(17)6-7-15(11)21-10-16(20)19-8-4-3-5-14(19)12(2)18/h6-7,9,12,14H,3-5,8,10,18H2,1-2H3. The molecule has 1 heterocycles. The van der Waals surface area contributed by atoms with Crippen molar-refractivity contribution in [2.45, 2.75) is 45.2 Å². The Balaban J connectivity index is 1.97. The highest BCUT2D eigenvalue weighted by molar-refractivity contribution is 6.30. The first kappa shape index (κ1) is 16.1. The van der Waals surface area contributed by atoms with Crippen molar-refractivity contribution in [3.05, 3.63) is 28.8 Å². The van der Waals surface area contributed by atoms with Crippen molar-refractivity contribution in [3.63, 3.8) is 0 Å². The van der Waals surface area contributed by atoms with Crippen LogP contribution in [0.1, 0.15) is 31.7 Å². The Hall–Kier alpha value is -1.26. The van der Waals surface area contributed by atoms with E-state index in [9.17, 15) is 4.79 Å². The third kappa shape index (κ3) is 4.11. The molecule has 0 bridgehead atoms. The maximum atomic E-state index is 12.4. The molecule has 21 heavy (non-hydrogen) atoms. The molecule has 0 saturated carbocycles. The monoisotopic (exact) mass is 310 g/mol. The Morgan fingerprint density at radius 3 is 2.95 bits per heavy atom. The van der Waals surface area contributed by atoms with E-state index in [1.807, 2.05) is 24.8 Å². The lowest BCUT2D eigenvalue weighted by Gasteiger charge is -2.38. The van der Waals surface area contributed by atoms with Gasteiger partial charge in [0, 0.05) is 23.7 Å². The summed E-state index contributed by atoms with van der Waals surface area (Å²) in [5.41, 5.74) is 6.92. The Labute approximate surface area is 131 Å². The molecule has 0 aromatic heterocycles. The molecule has 1 aromatic rings. The van der Waals surface area contributed by atoms with Crippen molar-refractivity contribution < 1.29 is 9.53 Å². The number of likely N-dealkylation sites (tertiary alicyclic amines) is 1. The molecule has 2 atom stereocenters. The first-order valence-electron chi connectivity index (χ1n) is 7.43. The van der Waals surface area contributed by atoms with Crippen LogP contribution in [0.5, 0.6) is 5.75 Å². The first-order valence-corrected chi connectivity index (χ1v) is 7.81. The number of nitrogens with two attached hydrogens (primary N) is 1. The van der Waals surface area contributed by atoms with E-state index in [0.717, 1.165) is 31.4 Å². The van der Waals surface area contributed by atoms with E-state index >= 15 is 0 Å². The number of carbonyl (C=O) groups is 1. The van der Waals surface area contributed by atoms with Crippen LogP contribution in [0.2, 0.25) is 5.02 Å². The number of amides is 1. The number of ether oxygens (including phenoxy) is 1. The van der Waals surface area contributed by atoms with Gasteiger partial charge >= 0.3 is 0 Å². The van der Waals surface area contributed by atoms with Gasteiger partial charge in [-0.05, 0) is 56.9 Å². The molecule has 0 spiro atoms. The van der Waals surface area contributed by atoms with Crippen LogP contribution in [0.15, 0.2) is 18.2 Å². The van der Waals surface area contributed by atoms with Crippen LogP contribution in [-0.2, 0) is 4.79 Å². The number of nitrogens with zero attached hydrogens (tertiary/aromatic N) is 1. The zero-order chi connectivity index (χ0) is 15.4. The van der Waals surface area contributed by atoms with Crippen LogP contribution in [-0.4, -0.2) is 36.0 Å². The van der Waals surface area contributed by atoms with Gasteiger partial charge in [-0.15, -0.1) is 0 Å². The first-order chi connectivity index (χ1) is 9.99. The number of aryl methyl sites for hydroxylation is 1. The fourth-order valence-corrected chi connectivity index (χ4v) is 3.04. The molecule has 2 rings (SSSR count). The Kier molecular flexibility index (Phi) is 5.48. The minimum Gasteiger partial charge on any atom is -0.483 e. The lowest BCUT2D eigenvalue weighted by molar-refractivity contribution is -0.137. The van der Waals surface area contributed by atoms with Crippen molar-refractivity contribution in [1.29, 1.82) is 0 Å². The quantitative estimate of drug-likeness (QED) is 0.930. The molecule has 1 saturated heterocycles. The third-order valence-corrected chi connectivity index (χ3v) is 4.20. The van der Waals surface area contributed by atoms with Crippen LogP contribution < -0.4 is 10.5 Å². The lowest BCUT2D eigenvalue weighted by atomic mass is 9.97. The predicted octanol–water partition coefficient (Wildman–Crippen LogP) is 2.76. The van der Waals surface area contributed by atoms with Gasteiger partial charge in [-0.1, -0.05) is 11.6 Å². The minimum absolute atomic E-state index is 0.00588. The summed E-state index contributed by atoms with van der Waals surface area (Å²) >= 11 is 5.91. The maximum absolute atomic E-state index is 12.4. The Morgan fingerprint density at radius 2 is 2.29 bits per heavy atom. The second-order valence-electron chi connectivity index (χ2n) is 5.71. The highest BCUT2D eigenvalue weighted by atomic mass is 35.5. The van der Waals surface area contributed by atoms with Crippen LogP contribution in [0.25, 0.3) is 0 Å². The lowest BCUT2D eigenvalue weighted by Crippen LogP contribution is -2.52. The second-order valence-corrected chi connectivity index (χ2v) is 6.14. The molecule has 1 aromatic carbocycles. The summed E-state index contributed by atoms with van der Waals surface area (Å²) in [6, 6.07) is 5.50. The molecule has 1 aliphatic heterocycles. The molecule has 116 valence electrons. The maximum Gasteiger partial charge on any atom is 0.260 e. The Morgan fingerprint density at radius 1 is 1.52 bits per heavy atom. The summed E-state index contributed by atoms with van der Waals surface area (Å²) < 4.78 is 5.64. The van der Waals surface area contributed by atoms with Gasteiger partial charge in [0.1, 0.15) is 5.75 Å². The number of carbonyl (C=O) groups excluding carboxylic acids is 1. The molecule has 1 aliphatic rings. The predicted molar refractivity (Wildman–Crippen MR) is 84.7 cm³/mol. The average Bonchev–Trinajstić information content (AvgIpc) is 2.46. The van der Waals surface area contributed by atoms with Gasteiger partial charge in [0.25, 0.3) is 5.91 Å². The largest absolute Gasteiger partial charge is 0.483 e. The average molecular weight is 311 g/mol. The molecule has 2 N–H and O–H groups in total. The van der Waals surface area contributed by atoms with Crippen LogP contribution in [0, 0.1) is 6.92 Å². The molecule has 5 heteroatoms. The molecule has 2 unspecified atom stereocenters. The van der Waals surface area contributed by atoms with Gasteiger partial charge in [-0.2, -0.15) is 0 Å². The summed E-state index contributed by atoms with van der Waals surface area (Å²) in [6.45, 7) is 4.69. The van der Waals surface area contributed by atoms with E-state index in [-0.39, 0.29) is 24.6 Å².